The second-order valence-corrected chi connectivity index (χ2v) is 7.87. The van der Waals surface area contributed by atoms with Crippen LogP contribution in [-0.2, 0) is 16.1 Å². The lowest BCUT2D eigenvalue weighted by atomic mass is 9.86. The van der Waals surface area contributed by atoms with Crippen molar-refractivity contribution in [2.75, 3.05) is 12.4 Å². The summed E-state index contributed by atoms with van der Waals surface area (Å²) in [7, 11) is 1.60. The fraction of sp³-hybridized carbons (Fsp3) is 0.375. The largest absolute Gasteiger partial charge is 0.497 e. The second-order valence-electron chi connectivity index (χ2n) is 7.87. The van der Waals surface area contributed by atoms with Gasteiger partial charge in [0.05, 0.1) is 18.4 Å². The summed E-state index contributed by atoms with van der Waals surface area (Å²) in [5.41, 5.74) is 1.51. The molecule has 1 aliphatic rings. The van der Waals surface area contributed by atoms with Gasteiger partial charge in [0.2, 0.25) is 0 Å². The third-order valence-corrected chi connectivity index (χ3v) is 5.67. The molecule has 2 aromatic rings. The summed E-state index contributed by atoms with van der Waals surface area (Å²) in [5, 5.41) is 8.25. The van der Waals surface area contributed by atoms with Crippen molar-refractivity contribution in [3.05, 3.63) is 59.7 Å². The summed E-state index contributed by atoms with van der Waals surface area (Å²) in [6.45, 7) is 2.41. The van der Waals surface area contributed by atoms with E-state index in [0.29, 0.717) is 23.7 Å². The highest BCUT2D eigenvalue weighted by molar-refractivity contribution is 6.40. The first kappa shape index (κ1) is 22.3. The van der Waals surface area contributed by atoms with Crippen molar-refractivity contribution in [3.63, 3.8) is 0 Å². The topological polar surface area (TPSA) is 96.5 Å². The predicted octanol–water partition coefficient (Wildman–Crippen LogP) is 3.26. The van der Waals surface area contributed by atoms with E-state index in [4.69, 9.17) is 4.74 Å². The number of benzene rings is 2. The lowest BCUT2D eigenvalue weighted by Crippen LogP contribution is -2.46. The molecule has 0 unspecified atom stereocenters. The van der Waals surface area contributed by atoms with Gasteiger partial charge in [0.25, 0.3) is 5.91 Å². The molecule has 7 heteroatoms. The molecule has 0 radical (unpaired) electrons. The smallest absolute Gasteiger partial charge is 0.313 e. The van der Waals surface area contributed by atoms with Gasteiger partial charge in [-0.3, -0.25) is 14.4 Å². The molecule has 2 atom stereocenters. The first-order chi connectivity index (χ1) is 15.0. The molecule has 0 heterocycles. The first-order valence-corrected chi connectivity index (χ1v) is 10.6. The van der Waals surface area contributed by atoms with Gasteiger partial charge in [0.1, 0.15) is 5.75 Å². The summed E-state index contributed by atoms with van der Waals surface area (Å²) in [5.74, 6) is -0.695. The zero-order valence-corrected chi connectivity index (χ0v) is 17.9. The Labute approximate surface area is 182 Å². The Morgan fingerprint density at radius 2 is 1.68 bits per heavy atom. The Morgan fingerprint density at radius 3 is 2.39 bits per heavy atom. The minimum atomic E-state index is -0.770. The monoisotopic (exact) mass is 423 g/mol. The van der Waals surface area contributed by atoms with Crippen molar-refractivity contribution in [2.45, 2.75) is 45.2 Å². The third-order valence-electron chi connectivity index (χ3n) is 5.67. The highest BCUT2D eigenvalue weighted by atomic mass is 16.5. The molecule has 1 fully saturated rings. The molecule has 3 N–H and O–H groups in total. The molecule has 31 heavy (non-hydrogen) atoms. The molecule has 3 rings (SSSR count). The van der Waals surface area contributed by atoms with Crippen LogP contribution in [0.2, 0.25) is 0 Å². The van der Waals surface area contributed by atoms with Crippen molar-refractivity contribution in [2.24, 2.45) is 5.92 Å². The van der Waals surface area contributed by atoms with E-state index in [1.54, 1.807) is 31.4 Å². The Morgan fingerprint density at radius 1 is 0.968 bits per heavy atom. The SMILES string of the molecule is COc1ccc(CNC(=O)c2ccccc2NC(=O)C(=O)N[C@H]2CCCC[C@@H]2C)cc1. The molecule has 3 amide bonds. The highest BCUT2D eigenvalue weighted by Gasteiger charge is 2.26. The van der Waals surface area contributed by atoms with Crippen LogP contribution in [0.5, 0.6) is 5.75 Å². The molecule has 0 aromatic heterocycles. The van der Waals surface area contributed by atoms with Gasteiger partial charge in [-0.05, 0) is 48.6 Å². The normalized spacial score (nSPS) is 18.0. The fourth-order valence-corrected chi connectivity index (χ4v) is 3.75. The molecule has 1 aliphatic carbocycles. The average molecular weight is 424 g/mol. The van der Waals surface area contributed by atoms with Crippen LogP contribution in [-0.4, -0.2) is 30.9 Å². The van der Waals surface area contributed by atoms with E-state index in [1.807, 2.05) is 24.3 Å². The molecule has 0 saturated heterocycles. The summed E-state index contributed by atoms with van der Waals surface area (Å²) < 4.78 is 5.13. The zero-order valence-electron chi connectivity index (χ0n) is 17.9. The summed E-state index contributed by atoms with van der Waals surface area (Å²) in [6.07, 6.45) is 4.13. The van der Waals surface area contributed by atoms with E-state index in [9.17, 15) is 14.4 Å². The van der Waals surface area contributed by atoms with Crippen LogP contribution in [0, 0.1) is 5.92 Å². The summed E-state index contributed by atoms with van der Waals surface area (Å²) in [6, 6.07) is 14.0. The van der Waals surface area contributed by atoms with Crippen LogP contribution in [0.25, 0.3) is 0 Å². The van der Waals surface area contributed by atoms with Gasteiger partial charge in [0, 0.05) is 12.6 Å². The molecule has 7 nitrogen and oxygen atoms in total. The summed E-state index contributed by atoms with van der Waals surface area (Å²) in [4.78, 5) is 37.5. The first-order valence-electron chi connectivity index (χ1n) is 10.6. The number of anilines is 1. The van der Waals surface area contributed by atoms with Gasteiger partial charge in [-0.1, -0.05) is 44.0 Å². The standard InChI is InChI=1S/C24H29N3O4/c1-16-7-3-5-9-20(16)26-23(29)24(30)27-21-10-6-4-8-19(21)22(28)25-15-17-11-13-18(31-2)14-12-17/h4,6,8,10-14,16,20H,3,5,7,9,15H2,1-2H3,(H,25,28)(H,26,29)(H,27,30)/t16-,20-/m0/s1. The lowest BCUT2D eigenvalue weighted by molar-refractivity contribution is -0.137. The number of methoxy groups -OCH3 is 1. The molecule has 2 aromatic carbocycles. The zero-order chi connectivity index (χ0) is 22.2. The third kappa shape index (κ3) is 6.07. The number of hydrogen-bond donors (Lipinski definition) is 3. The maximum absolute atomic E-state index is 12.7. The van der Waals surface area contributed by atoms with Gasteiger partial charge in [-0.25, -0.2) is 0 Å². The van der Waals surface area contributed by atoms with Crippen LogP contribution in [0.1, 0.15) is 48.5 Å². The van der Waals surface area contributed by atoms with E-state index in [1.165, 1.54) is 0 Å². The van der Waals surface area contributed by atoms with Crippen molar-refractivity contribution in [3.8, 4) is 5.75 Å². The number of ether oxygens (including phenoxy) is 1. The minimum Gasteiger partial charge on any atom is -0.497 e. The highest BCUT2D eigenvalue weighted by Crippen LogP contribution is 2.23. The Hall–Kier alpha value is -3.35. The van der Waals surface area contributed by atoms with Crippen molar-refractivity contribution in [1.82, 2.24) is 10.6 Å². The fourth-order valence-electron chi connectivity index (χ4n) is 3.75. The van der Waals surface area contributed by atoms with Gasteiger partial charge in [-0.2, -0.15) is 0 Å². The molecule has 0 aliphatic heterocycles. The van der Waals surface area contributed by atoms with Crippen LogP contribution in [0.15, 0.2) is 48.5 Å². The number of nitrogens with one attached hydrogen (secondary N) is 3. The molecule has 1 saturated carbocycles. The molecule has 0 spiro atoms. The van der Waals surface area contributed by atoms with Crippen molar-refractivity contribution < 1.29 is 19.1 Å². The van der Waals surface area contributed by atoms with Crippen LogP contribution >= 0.6 is 0 Å². The number of carbonyl (C=O) groups is 3. The molecule has 0 bridgehead atoms. The van der Waals surface area contributed by atoms with E-state index < -0.39 is 11.8 Å². The van der Waals surface area contributed by atoms with Gasteiger partial charge in [-0.15, -0.1) is 0 Å². The Bertz CT molecular complexity index is 927. The predicted molar refractivity (Wildman–Crippen MR) is 119 cm³/mol. The van der Waals surface area contributed by atoms with Crippen molar-refractivity contribution in [1.29, 1.82) is 0 Å². The van der Waals surface area contributed by atoms with E-state index >= 15 is 0 Å². The lowest BCUT2D eigenvalue weighted by Gasteiger charge is -2.29. The Kier molecular flexibility index (Phi) is 7.65. The second kappa shape index (κ2) is 10.6. The van der Waals surface area contributed by atoms with Crippen LogP contribution in [0.3, 0.4) is 0 Å². The number of carbonyl (C=O) groups excluding carboxylic acids is 3. The quantitative estimate of drug-likeness (QED) is 0.622. The number of hydrogen-bond acceptors (Lipinski definition) is 4. The molecular weight excluding hydrogens is 394 g/mol. The maximum atomic E-state index is 12.7. The van der Waals surface area contributed by atoms with Gasteiger partial charge < -0.3 is 20.7 Å². The number of amides is 3. The van der Waals surface area contributed by atoms with Crippen LogP contribution in [0.4, 0.5) is 5.69 Å². The maximum Gasteiger partial charge on any atom is 0.313 e. The number of rotatable bonds is 6. The van der Waals surface area contributed by atoms with Gasteiger partial charge in [0.15, 0.2) is 0 Å². The molecular formula is C24H29N3O4. The van der Waals surface area contributed by atoms with Gasteiger partial charge >= 0.3 is 11.8 Å². The average Bonchev–Trinajstić information content (AvgIpc) is 2.79. The van der Waals surface area contributed by atoms with E-state index in [-0.39, 0.29) is 11.9 Å². The minimum absolute atomic E-state index is 0.00930. The number of para-hydroxylation sites is 1. The van der Waals surface area contributed by atoms with Crippen molar-refractivity contribution >= 4 is 23.4 Å². The van der Waals surface area contributed by atoms with E-state index in [2.05, 4.69) is 22.9 Å². The van der Waals surface area contributed by atoms with Crippen LogP contribution < -0.4 is 20.7 Å². The van der Waals surface area contributed by atoms with E-state index in [0.717, 1.165) is 37.0 Å². The Balaban J connectivity index is 1.60. The summed E-state index contributed by atoms with van der Waals surface area (Å²) >= 11 is 0. The molecule has 164 valence electrons.